The van der Waals surface area contributed by atoms with Gasteiger partial charge < -0.3 is 9.84 Å². The zero-order valence-electron chi connectivity index (χ0n) is 16.3. The van der Waals surface area contributed by atoms with Crippen LogP contribution in [0.1, 0.15) is 33.5 Å². The summed E-state index contributed by atoms with van der Waals surface area (Å²) in [5.41, 5.74) is 2.25. The number of aliphatic hydroxyl groups excluding tert-OH is 1. The number of hydrogen-bond donors (Lipinski definition) is 1. The molecule has 30 heavy (non-hydrogen) atoms. The van der Waals surface area contributed by atoms with Crippen molar-refractivity contribution in [2.75, 3.05) is 0 Å². The van der Waals surface area contributed by atoms with Crippen LogP contribution in [0.15, 0.2) is 41.2 Å². The van der Waals surface area contributed by atoms with Crippen molar-refractivity contribution in [3.8, 4) is 23.6 Å². The van der Waals surface area contributed by atoms with E-state index >= 15 is 0 Å². The lowest BCUT2D eigenvalue weighted by Gasteiger charge is -2.14. The maximum atomic E-state index is 14.5. The van der Waals surface area contributed by atoms with Gasteiger partial charge in [0.1, 0.15) is 12.5 Å². The van der Waals surface area contributed by atoms with Gasteiger partial charge >= 0.3 is 0 Å². The molecule has 150 valence electrons. The first kappa shape index (κ1) is 20.7. The molecule has 1 N–H and O–H groups in total. The van der Waals surface area contributed by atoms with Crippen LogP contribution < -0.4 is 10.3 Å². The fourth-order valence-electron chi connectivity index (χ4n) is 3.04. The van der Waals surface area contributed by atoms with Gasteiger partial charge in [-0.3, -0.25) is 4.79 Å². The topological polar surface area (TPSA) is 112 Å². The van der Waals surface area contributed by atoms with Crippen LogP contribution in [0.2, 0.25) is 0 Å². The summed E-state index contributed by atoms with van der Waals surface area (Å²) in [7, 11) is 0. The molecular formula is C22H17FN4O3. The fourth-order valence-corrected chi connectivity index (χ4v) is 3.04. The zero-order valence-corrected chi connectivity index (χ0v) is 16.3. The number of aliphatic hydroxyl groups is 1. The lowest BCUT2D eigenvalue weighted by Crippen LogP contribution is -2.26. The van der Waals surface area contributed by atoms with E-state index in [9.17, 15) is 14.3 Å². The molecule has 1 aromatic heterocycles. The number of halogens is 1. The van der Waals surface area contributed by atoms with Crippen LogP contribution in [0.25, 0.3) is 0 Å². The number of benzene rings is 2. The Morgan fingerprint density at radius 1 is 1.13 bits per heavy atom. The van der Waals surface area contributed by atoms with Gasteiger partial charge in [-0.2, -0.15) is 15.6 Å². The van der Waals surface area contributed by atoms with E-state index in [1.54, 1.807) is 26.0 Å². The van der Waals surface area contributed by atoms with Crippen LogP contribution in [-0.4, -0.2) is 14.9 Å². The van der Waals surface area contributed by atoms with Crippen LogP contribution in [0.4, 0.5) is 4.39 Å². The highest BCUT2D eigenvalue weighted by Crippen LogP contribution is 2.32. The van der Waals surface area contributed by atoms with Crippen LogP contribution in [-0.2, 0) is 13.2 Å². The quantitative estimate of drug-likeness (QED) is 0.699. The normalized spacial score (nSPS) is 10.3. The summed E-state index contributed by atoms with van der Waals surface area (Å²) in [6.07, 6.45) is 0.283. The van der Waals surface area contributed by atoms with Gasteiger partial charge in [-0.1, -0.05) is 6.07 Å². The Morgan fingerprint density at radius 2 is 1.80 bits per heavy atom. The molecule has 0 aliphatic heterocycles. The van der Waals surface area contributed by atoms with Gasteiger partial charge in [-0.25, -0.2) is 9.07 Å². The molecule has 0 aliphatic rings. The zero-order chi connectivity index (χ0) is 21.8. The molecule has 0 unspecified atom stereocenters. The predicted molar refractivity (Wildman–Crippen MR) is 105 cm³/mol. The summed E-state index contributed by atoms with van der Waals surface area (Å²) >= 11 is 0. The van der Waals surface area contributed by atoms with E-state index in [2.05, 4.69) is 5.10 Å². The molecule has 1 heterocycles. The van der Waals surface area contributed by atoms with Crippen molar-refractivity contribution in [1.82, 2.24) is 9.78 Å². The third-order valence-corrected chi connectivity index (χ3v) is 4.56. The average molecular weight is 404 g/mol. The third kappa shape index (κ3) is 4.19. The minimum Gasteiger partial charge on any atom is -0.454 e. The van der Waals surface area contributed by atoms with E-state index in [1.165, 1.54) is 24.3 Å². The summed E-state index contributed by atoms with van der Waals surface area (Å²) in [5, 5.41) is 31.6. The van der Waals surface area contributed by atoms with Gasteiger partial charge in [0.15, 0.2) is 11.6 Å². The second-order valence-corrected chi connectivity index (χ2v) is 6.67. The van der Waals surface area contributed by atoms with Crippen molar-refractivity contribution in [2.24, 2.45) is 0 Å². The Balaban J connectivity index is 1.99. The molecule has 3 rings (SSSR count). The molecule has 0 atom stereocenters. The minimum atomic E-state index is -0.596. The summed E-state index contributed by atoms with van der Waals surface area (Å²) in [6.45, 7) is 2.77. The largest absolute Gasteiger partial charge is 0.454 e. The van der Waals surface area contributed by atoms with Crippen molar-refractivity contribution in [1.29, 1.82) is 10.5 Å². The summed E-state index contributed by atoms with van der Waals surface area (Å²) in [5.74, 6) is -0.451. The Hall–Kier alpha value is -4.01. The van der Waals surface area contributed by atoms with Gasteiger partial charge in [0.2, 0.25) is 0 Å². The first-order valence-electron chi connectivity index (χ1n) is 8.96. The maximum Gasteiger partial charge on any atom is 0.271 e. The summed E-state index contributed by atoms with van der Waals surface area (Å²) < 4.78 is 21.2. The van der Waals surface area contributed by atoms with Crippen LogP contribution in [0, 0.1) is 42.3 Å². The van der Waals surface area contributed by atoms with Gasteiger partial charge in [0, 0.05) is 12.0 Å². The number of aryl methyl sites for hydroxylation is 1. The summed E-state index contributed by atoms with van der Waals surface area (Å²) in [4.78, 5) is 11.9. The first-order chi connectivity index (χ1) is 14.4. The molecule has 7 nitrogen and oxygen atoms in total. The van der Waals surface area contributed by atoms with Crippen molar-refractivity contribution in [3.63, 3.8) is 0 Å². The maximum absolute atomic E-state index is 14.5. The highest BCUT2D eigenvalue weighted by Gasteiger charge is 2.15. The second-order valence-electron chi connectivity index (χ2n) is 6.67. The van der Waals surface area contributed by atoms with Crippen molar-refractivity contribution in [2.45, 2.75) is 27.0 Å². The Bertz CT molecular complexity index is 1240. The molecule has 0 bridgehead atoms. The predicted octanol–water partition coefficient (Wildman–Crippen LogP) is 3.08. The van der Waals surface area contributed by atoms with Gasteiger partial charge in [0.25, 0.3) is 5.56 Å². The lowest BCUT2D eigenvalue weighted by atomic mass is 10.0. The molecule has 2 aromatic carbocycles. The molecule has 8 heteroatoms. The molecule has 0 radical (unpaired) electrons. The third-order valence-electron chi connectivity index (χ3n) is 4.56. The SMILES string of the molecule is Cc1c(Cc2cc(C)c(=O)n(CO)n2)ccc(F)c1Oc1cc(C#N)cc(C#N)c1. The molecule has 0 fully saturated rings. The number of rotatable bonds is 5. The standard InChI is InChI=1S/C22H17FN4O3/c1-13-5-18(26-27(12-28)22(13)29)9-17-3-4-20(23)21(14(17)2)30-19-7-15(10-24)6-16(8-19)11-25/h3-8,28H,9,12H2,1-2H3. The van der Waals surface area contributed by atoms with Crippen LogP contribution in [0.5, 0.6) is 11.5 Å². The van der Waals surface area contributed by atoms with E-state index in [0.717, 1.165) is 4.68 Å². The number of hydrogen-bond acceptors (Lipinski definition) is 6. The van der Waals surface area contributed by atoms with E-state index in [1.807, 2.05) is 12.1 Å². The molecular weight excluding hydrogens is 387 g/mol. The van der Waals surface area contributed by atoms with Crippen molar-refractivity contribution >= 4 is 0 Å². The van der Waals surface area contributed by atoms with E-state index in [0.29, 0.717) is 22.4 Å². The van der Waals surface area contributed by atoms with Crippen LogP contribution in [0.3, 0.4) is 0 Å². The van der Waals surface area contributed by atoms with Gasteiger partial charge in [0.05, 0.1) is 29.0 Å². The highest BCUT2D eigenvalue weighted by molar-refractivity contribution is 5.49. The second kappa shape index (κ2) is 8.56. The smallest absolute Gasteiger partial charge is 0.271 e. The number of aromatic nitrogens is 2. The Morgan fingerprint density at radius 3 is 2.40 bits per heavy atom. The van der Waals surface area contributed by atoms with Crippen molar-refractivity contribution < 1.29 is 14.2 Å². The minimum absolute atomic E-state index is 0.0290. The Kier molecular flexibility index (Phi) is 5.91. The van der Waals surface area contributed by atoms with E-state index in [4.69, 9.17) is 15.3 Å². The van der Waals surface area contributed by atoms with Crippen LogP contribution >= 0.6 is 0 Å². The van der Waals surface area contributed by atoms with Gasteiger partial charge in [-0.15, -0.1) is 0 Å². The Labute approximate surface area is 171 Å². The van der Waals surface area contributed by atoms with Crippen molar-refractivity contribution in [3.05, 3.63) is 86.1 Å². The average Bonchev–Trinajstić information content (AvgIpc) is 2.75. The lowest BCUT2D eigenvalue weighted by molar-refractivity contribution is 0.187. The molecule has 0 amide bonds. The first-order valence-corrected chi connectivity index (χ1v) is 8.96. The number of ether oxygens (including phenoxy) is 1. The highest BCUT2D eigenvalue weighted by atomic mass is 19.1. The van der Waals surface area contributed by atoms with Gasteiger partial charge in [-0.05, 0) is 55.3 Å². The summed E-state index contributed by atoms with van der Waals surface area (Å²) in [6, 6.07) is 12.6. The van der Waals surface area contributed by atoms with E-state index in [-0.39, 0.29) is 34.6 Å². The number of nitrogens with zero attached hydrogens (tertiary/aromatic N) is 4. The molecule has 0 saturated carbocycles. The van der Waals surface area contributed by atoms with E-state index < -0.39 is 12.5 Å². The molecule has 0 saturated heterocycles. The fraction of sp³-hybridized carbons (Fsp3) is 0.182. The molecule has 3 aromatic rings. The monoisotopic (exact) mass is 404 g/mol. The molecule has 0 aliphatic carbocycles. The molecule has 0 spiro atoms. The number of nitriles is 2.